The van der Waals surface area contributed by atoms with Gasteiger partial charge in [-0.15, -0.1) is 0 Å². The summed E-state index contributed by atoms with van der Waals surface area (Å²) in [4.78, 5) is 12.7. The van der Waals surface area contributed by atoms with Crippen LogP contribution in [0.3, 0.4) is 0 Å². The summed E-state index contributed by atoms with van der Waals surface area (Å²) in [6.45, 7) is 3.11. The number of rotatable bonds is 8. The summed E-state index contributed by atoms with van der Waals surface area (Å²) in [6.07, 6.45) is 4.44. The third-order valence-electron chi connectivity index (χ3n) is 5.08. The van der Waals surface area contributed by atoms with E-state index in [1.54, 1.807) is 23.1 Å². The second-order valence-corrected chi connectivity index (χ2v) is 7.93. The van der Waals surface area contributed by atoms with Crippen molar-refractivity contribution in [2.24, 2.45) is 0 Å². The zero-order valence-corrected chi connectivity index (χ0v) is 18.5. The van der Waals surface area contributed by atoms with Crippen LogP contribution in [-0.4, -0.2) is 15.7 Å². The number of carbonyl (C=O) groups excluding carboxylic acids is 1. The van der Waals surface area contributed by atoms with Crippen LogP contribution in [0.4, 0.5) is 5.69 Å². The van der Waals surface area contributed by atoms with Gasteiger partial charge in [0.2, 0.25) is 0 Å². The minimum Gasteiger partial charge on any atom is -0.489 e. The summed E-state index contributed by atoms with van der Waals surface area (Å²) in [7, 11) is 0. The molecule has 3 aromatic carbocycles. The van der Waals surface area contributed by atoms with Crippen molar-refractivity contribution >= 4 is 23.2 Å². The summed E-state index contributed by atoms with van der Waals surface area (Å²) in [6, 6.07) is 23.1. The number of aromatic nitrogens is 2. The number of amides is 1. The van der Waals surface area contributed by atoms with E-state index in [1.807, 2.05) is 54.6 Å². The summed E-state index contributed by atoms with van der Waals surface area (Å²) in [5, 5.41) is 7.92. The first-order valence-electron chi connectivity index (χ1n) is 10.5. The van der Waals surface area contributed by atoms with E-state index in [1.165, 1.54) is 5.56 Å². The van der Waals surface area contributed by atoms with Gasteiger partial charge in [0.15, 0.2) is 0 Å². The number of halogens is 1. The topological polar surface area (TPSA) is 56.1 Å². The van der Waals surface area contributed by atoms with Gasteiger partial charge in [-0.25, -0.2) is 0 Å². The third kappa shape index (κ3) is 5.77. The van der Waals surface area contributed by atoms with Crippen molar-refractivity contribution in [3.8, 4) is 5.75 Å². The molecule has 1 N–H and O–H groups in total. The van der Waals surface area contributed by atoms with Crippen LogP contribution in [0, 0.1) is 0 Å². The maximum atomic E-state index is 12.7. The minimum atomic E-state index is -0.190. The molecule has 4 aromatic rings. The molecule has 0 bridgehead atoms. The lowest BCUT2D eigenvalue weighted by atomic mass is 10.1. The van der Waals surface area contributed by atoms with E-state index < -0.39 is 0 Å². The molecule has 0 aliphatic rings. The standard InChI is InChI=1S/C26H24ClN3O2/c1-2-19-8-12-25(13-9-19)32-18-21-4-3-5-22(14-21)26(31)29-24-15-28-30(17-24)16-20-6-10-23(27)11-7-20/h3-15,17H,2,16,18H2,1H3,(H,29,31). The molecule has 0 saturated heterocycles. The van der Waals surface area contributed by atoms with Gasteiger partial charge in [-0.1, -0.05) is 54.9 Å². The number of hydrogen-bond donors (Lipinski definition) is 1. The molecule has 0 aliphatic carbocycles. The molecule has 0 unspecified atom stereocenters. The van der Waals surface area contributed by atoms with Crippen molar-refractivity contribution in [1.29, 1.82) is 0 Å². The molecule has 1 aromatic heterocycles. The Morgan fingerprint density at radius 3 is 2.50 bits per heavy atom. The van der Waals surface area contributed by atoms with Crippen molar-refractivity contribution < 1.29 is 9.53 Å². The number of ether oxygens (including phenoxy) is 1. The van der Waals surface area contributed by atoms with E-state index in [0.717, 1.165) is 23.3 Å². The lowest BCUT2D eigenvalue weighted by Crippen LogP contribution is -2.12. The van der Waals surface area contributed by atoms with Crippen LogP contribution in [0.2, 0.25) is 5.02 Å². The maximum Gasteiger partial charge on any atom is 0.255 e. The molecule has 1 heterocycles. The first-order chi connectivity index (χ1) is 15.6. The molecule has 0 saturated carbocycles. The predicted octanol–water partition coefficient (Wildman–Crippen LogP) is 5.98. The molecule has 4 rings (SSSR count). The number of nitrogens with one attached hydrogen (secondary N) is 1. The van der Waals surface area contributed by atoms with Crippen LogP contribution in [0.25, 0.3) is 0 Å². The highest BCUT2D eigenvalue weighted by Gasteiger charge is 2.09. The summed E-state index contributed by atoms with van der Waals surface area (Å²) in [5.74, 6) is 0.621. The van der Waals surface area contributed by atoms with Crippen LogP contribution in [0.5, 0.6) is 5.75 Å². The number of benzene rings is 3. The van der Waals surface area contributed by atoms with Gasteiger partial charge in [-0.3, -0.25) is 9.48 Å². The molecule has 5 nitrogen and oxygen atoms in total. The van der Waals surface area contributed by atoms with Crippen LogP contribution in [0.15, 0.2) is 85.2 Å². The highest BCUT2D eigenvalue weighted by molar-refractivity contribution is 6.30. The third-order valence-corrected chi connectivity index (χ3v) is 5.33. The second kappa shape index (κ2) is 10.2. The van der Waals surface area contributed by atoms with Gasteiger partial charge >= 0.3 is 0 Å². The Hall–Kier alpha value is -3.57. The highest BCUT2D eigenvalue weighted by atomic mass is 35.5. The van der Waals surface area contributed by atoms with E-state index >= 15 is 0 Å². The minimum absolute atomic E-state index is 0.190. The highest BCUT2D eigenvalue weighted by Crippen LogP contribution is 2.16. The number of anilines is 1. The average Bonchev–Trinajstić information content (AvgIpc) is 3.26. The molecule has 162 valence electrons. The van der Waals surface area contributed by atoms with Gasteiger partial charge in [-0.05, 0) is 59.5 Å². The summed E-state index contributed by atoms with van der Waals surface area (Å²) in [5.41, 5.74) is 4.48. The van der Waals surface area contributed by atoms with Gasteiger partial charge in [-0.2, -0.15) is 5.10 Å². The Morgan fingerprint density at radius 1 is 1.00 bits per heavy atom. The zero-order valence-electron chi connectivity index (χ0n) is 17.8. The number of nitrogens with zero attached hydrogens (tertiary/aromatic N) is 2. The fourth-order valence-electron chi connectivity index (χ4n) is 3.29. The van der Waals surface area contributed by atoms with Crippen molar-refractivity contribution in [1.82, 2.24) is 9.78 Å². The fourth-order valence-corrected chi connectivity index (χ4v) is 3.41. The number of aryl methyl sites for hydroxylation is 1. The fraction of sp³-hybridized carbons (Fsp3) is 0.154. The molecule has 0 atom stereocenters. The van der Waals surface area contributed by atoms with Gasteiger partial charge in [0, 0.05) is 16.8 Å². The Kier molecular flexibility index (Phi) is 6.87. The average molecular weight is 446 g/mol. The number of hydrogen-bond acceptors (Lipinski definition) is 3. The van der Waals surface area contributed by atoms with Crippen LogP contribution in [0.1, 0.15) is 34.0 Å². The van der Waals surface area contributed by atoms with E-state index in [-0.39, 0.29) is 5.91 Å². The SMILES string of the molecule is CCc1ccc(OCc2cccc(C(=O)Nc3cnn(Cc4ccc(Cl)cc4)c3)c2)cc1. The van der Waals surface area contributed by atoms with Crippen molar-refractivity contribution in [3.63, 3.8) is 0 Å². The Morgan fingerprint density at radius 2 is 1.75 bits per heavy atom. The molecule has 6 heteroatoms. The smallest absolute Gasteiger partial charge is 0.255 e. The van der Waals surface area contributed by atoms with E-state index in [0.29, 0.717) is 29.4 Å². The van der Waals surface area contributed by atoms with Gasteiger partial charge in [0.1, 0.15) is 12.4 Å². The normalized spacial score (nSPS) is 10.7. The van der Waals surface area contributed by atoms with Crippen molar-refractivity contribution in [2.45, 2.75) is 26.5 Å². The number of carbonyl (C=O) groups is 1. The predicted molar refractivity (Wildman–Crippen MR) is 127 cm³/mol. The van der Waals surface area contributed by atoms with E-state index in [9.17, 15) is 4.79 Å². The van der Waals surface area contributed by atoms with Crippen LogP contribution in [-0.2, 0) is 19.6 Å². The van der Waals surface area contributed by atoms with Crippen LogP contribution >= 0.6 is 11.6 Å². The molecular formula is C26H24ClN3O2. The molecule has 0 spiro atoms. The van der Waals surface area contributed by atoms with Gasteiger partial charge in [0.25, 0.3) is 5.91 Å². The largest absolute Gasteiger partial charge is 0.489 e. The molecular weight excluding hydrogens is 422 g/mol. The van der Waals surface area contributed by atoms with Crippen molar-refractivity contribution in [3.05, 3.63) is 112 Å². The Bertz CT molecular complexity index is 1180. The van der Waals surface area contributed by atoms with Gasteiger partial charge < -0.3 is 10.1 Å². The first kappa shape index (κ1) is 21.7. The van der Waals surface area contributed by atoms with Gasteiger partial charge in [0.05, 0.1) is 18.4 Å². The van der Waals surface area contributed by atoms with Crippen LogP contribution < -0.4 is 10.1 Å². The quantitative estimate of drug-likeness (QED) is 0.363. The summed E-state index contributed by atoms with van der Waals surface area (Å²) >= 11 is 5.93. The first-order valence-corrected chi connectivity index (χ1v) is 10.9. The molecule has 32 heavy (non-hydrogen) atoms. The van der Waals surface area contributed by atoms with E-state index in [2.05, 4.69) is 29.5 Å². The Balaban J connectivity index is 1.35. The monoisotopic (exact) mass is 445 g/mol. The summed E-state index contributed by atoms with van der Waals surface area (Å²) < 4.78 is 7.63. The second-order valence-electron chi connectivity index (χ2n) is 7.49. The Labute approximate surface area is 192 Å². The molecule has 0 aliphatic heterocycles. The zero-order chi connectivity index (χ0) is 22.3. The molecule has 0 radical (unpaired) electrons. The van der Waals surface area contributed by atoms with Crippen molar-refractivity contribution in [2.75, 3.05) is 5.32 Å². The lowest BCUT2D eigenvalue weighted by molar-refractivity contribution is 0.102. The maximum absolute atomic E-state index is 12.7. The lowest BCUT2D eigenvalue weighted by Gasteiger charge is -2.09. The molecule has 0 fully saturated rings. The van der Waals surface area contributed by atoms with E-state index in [4.69, 9.17) is 16.3 Å². The molecule has 1 amide bonds.